The number of aromatic nitrogens is 1. The lowest BCUT2D eigenvalue weighted by atomic mass is 10.3. The molecular weight excluding hydrogens is 298 g/mol. The van der Waals surface area contributed by atoms with Crippen LogP contribution in [0.2, 0.25) is 0 Å². The van der Waals surface area contributed by atoms with Crippen molar-refractivity contribution in [3.05, 3.63) is 27.9 Å². The number of piperazine rings is 1. The average molecular weight is 313 g/mol. The normalized spacial score (nSPS) is 18.6. The van der Waals surface area contributed by atoms with Gasteiger partial charge in [-0.05, 0) is 25.2 Å². The topological polar surface area (TPSA) is 73.5 Å². The van der Waals surface area contributed by atoms with Gasteiger partial charge >= 0.3 is 4.87 Å². The van der Waals surface area contributed by atoms with Gasteiger partial charge in [0.15, 0.2) is 0 Å². The third kappa shape index (κ3) is 2.39. The van der Waals surface area contributed by atoms with Gasteiger partial charge in [-0.15, -0.1) is 0 Å². The lowest BCUT2D eigenvalue weighted by Gasteiger charge is -2.31. The molecule has 0 aliphatic carbocycles. The van der Waals surface area contributed by atoms with E-state index in [1.54, 1.807) is 18.2 Å². The Morgan fingerprint density at radius 1 is 1.20 bits per heavy atom. The minimum atomic E-state index is -3.47. The van der Waals surface area contributed by atoms with Crippen molar-refractivity contribution in [2.75, 3.05) is 33.2 Å². The number of thiazole rings is 1. The van der Waals surface area contributed by atoms with Gasteiger partial charge in [0.1, 0.15) is 0 Å². The highest BCUT2D eigenvalue weighted by Gasteiger charge is 2.27. The van der Waals surface area contributed by atoms with E-state index in [0.29, 0.717) is 23.3 Å². The number of likely N-dealkylation sites (N-methyl/N-ethyl adjacent to an activating group) is 1. The molecule has 0 spiro atoms. The van der Waals surface area contributed by atoms with Gasteiger partial charge < -0.3 is 9.88 Å². The first-order chi connectivity index (χ1) is 9.46. The van der Waals surface area contributed by atoms with E-state index in [-0.39, 0.29) is 9.77 Å². The summed E-state index contributed by atoms with van der Waals surface area (Å²) in [6, 6.07) is 4.78. The fourth-order valence-electron chi connectivity index (χ4n) is 2.26. The smallest absolute Gasteiger partial charge is 0.305 e. The average Bonchev–Trinajstić information content (AvgIpc) is 2.78. The van der Waals surface area contributed by atoms with Crippen LogP contribution >= 0.6 is 11.3 Å². The third-order valence-electron chi connectivity index (χ3n) is 3.49. The van der Waals surface area contributed by atoms with Crippen LogP contribution in [0.15, 0.2) is 27.9 Å². The molecule has 1 aliphatic heterocycles. The van der Waals surface area contributed by atoms with Crippen LogP contribution in [-0.4, -0.2) is 55.8 Å². The fraction of sp³-hybridized carbons (Fsp3) is 0.417. The summed E-state index contributed by atoms with van der Waals surface area (Å²) in [5.74, 6) is 0. The van der Waals surface area contributed by atoms with Gasteiger partial charge in [0, 0.05) is 26.2 Å². The van der Waals surface area contributed by atoms with Gasteiger partial charge in [0.25, 0.3) is 0 Å². The van der Waals surface area contributed by atoms with Crippen LogP contribution in [0, 0.1) is 0 Å². The largest absolute Gasteiger partial charge is 0.312 e. The number of nitrogens with one attached hydrogen (secondary N) is 1. The molecule has 1 aromatic heterocycles. The molecule has 3 rings (SSSR count). The van der Waals surface area contributed by atoms with Crippen LogP contribution in [0.25, 0.3) is 10.2 Å². The predicted molar refractivity (Wildman–Crippen MR) is 78.7 cm³/mol. The molecule has 108 valence electrons. The lowest BCUT2D eigenvalue weighted by molar-refractivity contribution is 0.222. The lowest BCUT2D eigenvalue weighted by Crippen LogP contribution is -2.46. The standard InChI is InChI=1S/C12H15N3O3S2/c1-14-4-6-15(7-5-14)20(17,18)9-2-3-10-11(8-9)19-12(16)13-10/h2-3,8H,4-7H2,1H3,(H,13,16). The molecule has 1 saturated heterocycles. The maximum atomic E-state index is 12.6. The molecule has 1 aliphatic rings. The van der Waals surface area contributed by atoms with Crippen LogP contribution in [0.5, 0.6) is 0 Å². The SMILES string of the molecule is CN1CCN(S(=O)(=O)c2ccc3[nH]c(=O)sc3c2)CC1. The Labute approximate surface area is 120 Å². The Morgan fingerprint density at radius 3 is 2.60 bits per heavy atom. The van der Waals surface area contributed by atoms with E-state index in [9.17, 15) is 13.2 Å². The molecule has 0 amide bonds. The number of nitrogens with zero attached hydrogens (tertiary/aromatic N) is 2. The molecule has 2 heterocycles. The molecule has 0 saturated carbocycles. The molecule has 1 N–H and O–H groups in total. The molecular formula is C12H15N3O3S2. The van der Waals surface area contributed by atoms with Crippen molar-refractivity contribution < 1.29 is 8.42 Å². The summed E-state index contributed by atoms with van der Waals surface area (Å²) in [5, 5.41) is 0. The van der Waals surface area contributed by atoms with Gasteiger partial charge in [0.2, 0.25) is 10.0 Å². The Morgan fingerprint density at radius 2 is 1.90 bits per heavy atom. The number of sulfonamides is 1. The van der Waals surface area contributed by atoms with Crippen molar-refractivity contribution in [3.8, 4) is 0 Å². The minimum absolute atomic E-state index is 0.172. The maximum Gasteiger partial charge on any atom is 0.305 e. The second-order valence-corrected chi connectivity index (χ2v) is 7.83. The van der Waals surface area contributed by atoms with E-state index < -0.39 is 10.0 Å². The van der Waals surface area contributed by atoms with Crippen molar-refractivity contribution in [1.29, 1.82) is 0 Å². The Bertz CT molecular complexity index is 786. The molecule has 0 bridgehead atoms. The number of benzene rings is 1. The number of hydrogen-bond donors (Lipinski definition) is 1. The van der Waals surface area contributed by atoms with E-state index in [4.69, 9.17) is 0 Å². The molecule has 0 atom stereocenters. The number of H-pyrrole nitrogens is 1. The Hall–Kier alpha value is -1.22. The van der Waals surface area contributed by atoms with Gasteiger partial charge in [-0.3, -0.25) is 4.79 Å². The van der Waals surface area contributed by atoms with Crippen LogP contribution in [-0.2, 0) is 10.0 Å². The van der Waals surface area contributed by atoms with Crippen molar-refractivity contribution in [2.45, 2.75) is 4.90 Å². The molecule has 0 unspecified atom stereocenters. The second kappa shape index (κ2) is 4.96. The first-order valence-corrected chi connectivity index (χ1v) is 8.54. The summed E-state index contributed by atoms with van der Waals surface area (Å²) >= 11 is 1.03. The highest BCUT2D eigenvalue weighted by Crippen LogP contribution is 2.23. The van der Waals surface area contributed by atoms with Crippen LogP contribution in [0.3, 0.4) is 0 Å². The third-order valence-corrected chi connectivity index (χ3v) is 6.23. The fourth-order valence-corrected chi connectivity index (χ4v) is 4.56. The molecule has 8 heteroatoms. The van der Waals surface area contributed by atoms with Crippen molar-refractivity contribution >= 4 is 31.6 Å². The Kier molecular flexibility index (Phi) is 3.41. The van der Waals surface area contributed by atoms with E-state index in [0.717, 1.165) is 24.4 Å². The van der Waals surface area contributed by atoms with Crippen molar-refractivity contribution in [2.24, 2.45) is 0 Å². The molecule has 1 aromatic carbocycles. The zero-order chi connectivity index (χ0) is 14.3. The number of aromatic amines is 1. The monoisotopic (exact) mass is 313 g/mol. The summed E-state index contributed by atoms with van der Waals surface area (Å²) in [7, 11) is -1.49. The molecule has 2 aromatic rings. The van der Waals surface area contributed by atoms with Gasteiger partial charge in [-0.2, -0.15) is 4.31 Å². The first-order valence-electron chi connectivity index (χ1n) is 6.28. The highest BCUT2D eigenvalue weighted by atomic mass is 32.2. The molecule has 0 radical (unpaired) electrons. The quantitative estimate of drug-likeness (QED) is 0.877. The minimum Gasteiger partial charge on any atom is -0.312 e. The van der Waals surface area contributed by atoms with Crippen LogP contribution in [0.4, 0.5) is 0 Å². The highest BCUT2D eigenvalue weighted by molar-refractivity contribution is 7.89. The van der Waals surface area contributed by atoms with E-state index in [1.165, 1.54) is 4.31 Å². The summed E-state index contributed by atoms with van der Waals surface area (Å²) in [6.07, 6.45) is 0. The molecule has 20 heavy (non-hydrogen) atoms. The summed E-state index contributed by atoms with van der Waals surface area (Å²) < 4.78 is 27.3. The van der Waals surface area contributed by atoms with Gasteiger partial charge in [0.05, 0.1) is 15.1 Å². The van der Waals surface area contributed by atoms with Crippen molar-refractivity contribution in [3.63, 3.8) is 0 Å². The number of hydrogen-bond acceptors (Lipinski definition) is 5. The van der Waals surface area contributed by atoms with Crippen LogP contribution in [0.1, 0.15) is 0 Å². The zero-order valence-corrected chi connectivity index (χ0v) is 12.6. The number of rotatable bonds is 2. The van der Waals surface area contributed by atoms with Crippen molar-refractivity contribution in [1.82, 2.24) is 14.2 Å². The first kappa shape index (κ1) is 13.7. The van der Waals surface area contributed by atoms with E-state index in [1.807, 2.05) is 7.05 Å². The number of fused-ring (bicyclic) bond motifs is 1. The predicted octanol–water partition coefficient (Wildman–Crippen LogP) is 0.526. The van der Waals surface area contributed by atoms with E-state index in [2.05, 4.69) is 9.88 Å². The summed E-state index contributed by atoms with van der Waals surface area (Å²) in [5.41, 5.74) is 0.678. The van der Waals surface area contributed by atoms with Gasteiger partial charge in [-0.25, -0.2) is 8.42 Å². The zero-order valence-electron chi connectivity index (χ0n) is 11.0. The molecule has 6 nitrogen and oxygen atoms in total. The summed E-state index contributed by atoms with van der Waals surface area (Å²) in [6.45, 7) is 2.47. The summed E-state index contributed by atoms with van der Waals surface area (Å²) in [4.78, 5) is 16.1. The second-order valence-electron chi connectivity index (χ2n) is 4.88. The van der Waals surface area contributed by atoms with E-state index >= 15 is 0 Å². The maximum absolute atomic E-state index is 12.6. The van der Waals surface area contributed by atoms with Gasteiger partial charge in [-0.1, -0.05) is 11.3 Å². The van der Waals surface area contributed by atoms with Crippen LogP contribution < -0.4 is 4.87 Å². The Balaban J connectivity index is 1.98. The molecule has 1 fully saturated rings.